The first-order chi connectivity index (χ1) is 8.69. The van der Waals surface area contributed by atoms with Crippen molar-refractivity contribution in [2.75, 3.05) is 19.1 Å². The van der Waals surface area contributed by atoms with Crippen LogP contribution in [0.3, 0.4) is 0 Å². The summed E-state index contributed by atoms with van der Waals surface area (Å²) in [4.78, 5) is 12.2. The largest absolute Gasteiger partial charge is 0.480 e. The minimum Gasteiger partial charge on any atom is -0.480 e. The highest BCUT2D eigenvalue weighted by atomic mass is 32.2. The van der Waals surface area contributed by atoms with Gasteiger partial charge in [-0.1, -0.05) is 0 Å². The summed E-state index contributed by atoms with van der Waals surface area (Å²) in [6, 6.07) is 6.41. The molecule has 0 aromatic heterocycles. The van der Waals surface area contributed by atoms with E-state index in [0.717, 1.165) is 11.2 Å². The number of carboxylic acid groups (broad SMARTS) is 1. The van der Waals surface area contributed by atoms with E-state index in [9.17, 15) is 13.2 Å². The number of hydrogen-bond donors (Lipinski definition) is 2. The third-order valence-corrected chi connectivity index (χ3v) is 5.26. The molecule has 0 aliphatic carbocycles. The lowest BCUT2D eigenvalue weighted by Gasteiger charge is -2.23. The maximum absolute atomic E-state index is 11.3. The van der Waals surface area contributed by atoms with Crippen LogP contribution in [0.25, 0.3) is 0 Å². The van der Waals surface area contributed by atoms with Gasteiger partial charge >= 0.3 is 5.97 Å². The van der Waals surface area contributed by atoms with E-state index in [2.05, 4.69) is 5.32 Å². The minimum atomic E-state index is -3.20. The molecule has 0 amide bonds. The van der Waals surface area contributed by atoms with Crippen molar-refractivity contribution in [2.24, 2.45) is 0 Å². The summed E-state index contributed by atoms with van der Waals surface area (Å²) in [5.41, 5.74) is -1.01. The number of hydrogen-bond acceptors (Lipinski definition) is 5. The average molecular weight is 303 g/mol. The Bertz CT molecular complexity index is 554. The second kappa shape index (κ2) is 5.94. The maximum atomic E-state index is 11.3. The standard InChI is InChI=1S/C12H17NO4S2/c1-12(13-2,11(14)15)8-18-9-4-6-10(7-5-9)19(3,16)17/h4-7,13H,8H2,1-3H3,(H,14,15). The minimum absolute atomic E-state index is 0.256. The molecule has 0 fully saturated rings. The molecule has 19 heavy (non-hydrogen) atoms. The number of thioether (sulfide) groups is 1. The molecule has 0 aliphatic rings. The molecule has 0 saturated carbocycles. The molecule has 1 aromatic carbocycles. The van der Waals surface area contributed by atoms with Crippen molar-refractivity contribution in [2.45, 2.75) is 22.3 Å². The zero-order valence-corrected chi connectivity index (χ0v) is 12.6. The molecule has 0 saturated heterocycles. The Morgan fingerprint density at radius 1 is 1.37 bits per heavy atom. The molecule has 7 heteroatoms. The Labute approximate surface area is 117 Å². The molecule has 1 aromatic rings. The van der Waals surface area contributed by atoms with E-state index in [-0.39, 0.29) is 4.90 Å². The van der Waals surface area contributed by atoms with Gasteiger partial charge in [0.05, 0.1) is 4.90 Å². The van der Waals surface area contributed by atoms with E-state index in [1.54, 1.807) is 26.1 Å². The second-order valence-electron chi connectivity index (χ2n) is 4.42. The van der Waals surface area contributed by atoms with E-state index in [4.69, 9.17) is 5.11 Å². The molecule has 1 rings (SSSR count). The number of rotatable bonds is 6. The van der Waals surface area contributed by atoms with E-state index >= 15 is 0 Å². The summed E-state index contributed by atoms with van der Waals surface area (Å²) in [5, 5.41) is 11.9. The summed E-state index contributed by atoms with van der Waals surface area (Å²) in [6.07, 6.45) is 1.15. The lowest BCUT2D eigenvalue weighted by Crippen LogP contribution is -2.49. The number of sulfone groups is 1. The van der Waals surface area contributed by atoms with Crippen LogP contribution in [0.15, 0.2) is 34.1 Å². The van der Waals surface area contributed by atoms with Gasteiger partial charge in [-0.2, -0.15) is 0 Å². The maximum Gasteiger partial charge on any atom is 0.324 e. The van der Waals surface area contributed by atoms with Gasteiger partial charge < -0.3 is 10.4 Å². The topological polar surface area (TPSA) is 83.5 Å². The van der Waals surface area contributed by atoms with Gasteiger partial charge in [-0.05, 0) is 38.2 Å². The Morgan fingerprint density at radius 3 is 2.26 bits per heavy atom. The van der Waals surface area contributed by atoms with E-state index in [1.165, 1.54) is 23.9 Å². The molecule has 1 atom stereocenters. The lowest BCUT2D eigenvalue weighted by atomic mass is 10.1. The third kappa shape index (κ3) is 4.22. The number of benzene rings is 1. The molecule has 0 heterocycles. The van der Waals surface area contributed by atoms with Gasteiger partial charge in [-0.25, -0.2) is 8.42 Å². The summed E-state index contributed by atoms with van der Waals surface area (Å²) < 4.78 is 22.6. The molecule has 0 bridgehead atoms. The van der Waals surface area contributed by atoms with Gasteiger partial charge in [0.25, 0.3) is 0 Å². The van der Waals surface area contributed by atoms with Crippen molar-refractivity contribution in [3.63, 3.8) is 0 Å². The molecule has 106 valence electrons. The molecule has 5 nitrogen and oxygen atoms in total. The number of carboxylic acids is 1. The van der Waals surface area contributed by atoms with Crippen molar-refractivity contribution in [3.05, 3.63) is 24.3 Å². The first kappa shape index (κ1) is 16.0. The summed E-state index contributed by atoms with van der Waals surface area (Å²) in [6.45, 7) is 1.60. The Kier molecular flexibility index (Phi) is 5.00. The van der Waals surface area contributed by atoms with Gasteiger partial charge in [0.2, 0.25) is 0 Å². The molecule has 0 aliphatic heterocycles. The number of carbonyl (C=O) groups is 1. The molecule has 1 unspecified atom stereocenters. The first-order valence-electron chi connectivity index (χ1n) is 5.54. The monoisotopic (exact) mass is 303 g/mol. The van der Waals surface area contributed by atoms with Gasteiger partial charge in [-0.15, -0.1) is 11.8 Å². The van der Waals surface area contributed by atoms with Gasteiger partial charge in [-0.3, -0.25) is 4.79 Å². The fourth-order valence-corrected chi connectivity index (χ4v) is 2.93. The predicted molar refractivity (Wildman–Crippen MR) is 75.4 cm³/mol. The highest BCUT2D eigenvalue weighted by Crippen LogP contribution is 2.24. The van der Waals surface area contributed by atoms with Crippen molar-refractivity contribution >= 4 is 27.6 Å². The van der Waals surface area contributed by atoms with E-state index in [1.807, 2.05) is 0 Å². The van der Waals surface area contributed by atoms with Crippen LogP contribution in [-0.2, 0) is 14.6 Å². The van der Waals surface area contributed by atoms with Crippen LogP contribution >= 0.6 is 11.8 Å². The van der Waals surface area contributed by atoms with Crippen LogP contribution in [0.5, 0.6) is 0 Å². The van der Waals surface area contributed by atoms with Gasteiger partial charge in [0.1, 0.15) is 5.54 Å². The highest BCUT2D eigenvalue weighted by Gasteiger charge is 2.31. The molecular weight excluding hydrogens is 286 g/mol. The quantitative estimate of drug-likeness (QED) is 0.769. The normalized spacial score (nSPS) is 14.9. The van der Waals surface area contributed by atoms with Crippen molar-refractivity contribution in [1.82, 2.24) is 5.32 Å². The third-order valence-electron chi connectivity index (χ3n) is 2.80. The highest BCUT2D eigenvalue weighted by molar-refractivity contribution is 7.99. The second-order valence-corrected chi connectivity index (χ2v) is 7.48. The van der Waals surface area contributed by atoms with E-state index in [0.29, 0.717) is 5.75 Å². The first-order valence-corrected chi connectivity index (χ1v) is 8.42. The number of likely N-dealkylation sites (N-methyl/N-ethyl adjacent to an activating group) is 1. The van der Waals surface area contributed by atoms with Crippen LogP contribution in [-0.4, -0.2) is 44.1 Å². The van der Waals surface area contributed by atoms with Gasteiger partial charge in [0, 0.05) is 16.9 Å². The van der Waals surface area contributed by atoms with E-state index < -0.39 is 21.3 Å². The van der Waals surface area contributed by atoms with Crippen molar-refractivity contribution in [3.8, 4) is 0 Å². The van der Waals surface area contributed by atoms with Gasteiger partial charge in [0.15, 0.2) is 9.84 Å². The lowest BCUT2D eigenvalue weighted by molar-refractivity contribution is -0.142. The molecule has 2 N–H and O–H groups in total. The SMILES string of the molecule is CNC(C)(CSc1ccc(S(C)(=O)=O)cc1)C(=O)O. The fraction of sp³-hybridized carbons (Fsp3) is 0.417. The summed E-state index contributed by atoms with van der Waals surface area (Å²) in [7, 11) is -1.60. The predicted octanol–water partition coefficient (Wildman–Crippen LogP) is 1.24. The number of aliphatic carboxylic acids is 1. The fourth-order valence-electron chi connectivity index (χ4n) is 1.25. The zero-order valence-electron chi connectivity index (χ0n) is 11.0. The van der Waals surface area contributed by atoms with Crippen LogP contribution in [0.2, 0.25) is 0 Å². The van der Waals surface area contributed by atoms with Crippen LogP contribution < -0.4 is 5.32 Å². The molecular formula is C12H17NO4S2. The zero-order chi connectivity index (χ0) is 14.7. The van der Waals surface area contributed by atoms with Crippen LogP contribution in [0, 0.1) is 0 Å². The smallest absolute Gasteiger partial charge is 0.324 e. The summed E-state index contributed by atoms with van der Waals surface area (Å²) >= 11 is 1.36. The molecule has 0 radical (unpaired) electrons. The summed E-state index contributed by atoms with van der Waals surface area (Å²) in [5.74, 6) is -0.577. The average Bonchev–Trinajstić information content (AvgIpc) is 2.35. The van der Waals surface area contributed by atoms with Crippen molar-refractivity contribution < 1.29 is 18.3 Å². The van der Waals surface area contributed by atoms with Crippen molar-refractivity contribution in [1.29, 1.82) is 0 Å². The number of nitrogens with one attached hydrogen (secondary N) is 1. The molecule has 0 spiro atoms. The Hall–Kier alpha value is -1.05. The Balaban J connectivity index is 2.77. The van der Waals surface area contributed by atoms with Crippen LogP contribution in [0.4, 0.5) is 0 Å². The van der Waals surface area contributed by atoms with Crippen LogP contribution in [0.1, 0.15) is 6.92 Å². The Morgan fingerprint density at radius 2 is 1.89 bits per heavy atom.